The first-order valence-corrected chi connectivity index (χ1v) is 6.14. The van der Waals surface area contributed by atoms with E-state index in [0.717, 1.165) is 13.0 Å². The van der Waals surface area contributed by atoms with Gasteiger partial charge in [0.15, 0.2) is 5.16 Å². The zero-order valence-corrected chi connectivity index (χ0v) is 9.92. The molecule has 2 atom stereocenters. The van der Waals surface area contributed by atoms with Crippen molar-refractivity contribution >= 4 is 11.8 Å². The lowest BCUT2D eigenvalue weighted by Gasteiger charge is -2.30. The Kier molecular flexibility index (Phi) is 3.98. The first kappa shape index (κ1) is 11.6. The van der Waals surface area contributed by atoms with Gasteiger partial charge in [-0.1, -0.05) is 11.8 Å². The van der Waals surface area contributed by atoms with E-state index in [0.29, 0.717) is 23.1 Å². The summed E-state index contributed by atoms with van der Waals surface area (Å²) >= 11 is 1.56. The Bertz CT molecular complexity index is 396. The molecule has 0 saturated carbocycles. The SMILES string of the molecule is CNC1CCOCC1Sc1nccc(=O)[nH]1. The predicted molar refractivity (Wildman–Crippen MR) is 62.8 cm³/mol. The molecule has 5 nitrogen and oxygen atoms in total. The highest BCUT2D eigenvalue weighted by Crippen LogP contribution is 2.25. The van der Waals surface area contributed by atoms with E-state index in [1.165, 1.54) is 12.3 Å². The summed E-state index contributed by atoms with van der Waals surface area (Å²) in [6.45, 7) is 1.48. The summed E-state index contributed by atoms with van der Waals surface area (Å²) in [6, 6.07) is 1.82. The predicted octanol–water partition coefficient (Wildman–Crippen LogP) is 0.239. The Hall–Kier alpha value is -0.850. The zero-order valence-electron chi connectivity index (χ0n) is 9.10. The van der Waals surface area contributed by atoms with E-state index in [1.54, 1.807) is 11.8 Å². The molecule has 1 aromatic heterocycles. The molecule has 2 unspecified atom stereocenters. The van der Waals surface area contributed by atoms with Gasteiger partial charge >= 0.3 is 0 Å². The molecule has 0 bridgehead atoms. The van der Waals surface area contributed by atoms with Crippen LogP contribution in [0.3, 0.4) is 0 Å². The molecule has 0 aromatic carbocycles. The number of nitrogens with zero attached hydrogens (tertiary/aromatic N) is 1. The van der Waals surface area contributed by atoms with Gasteiger partial charge in [0, 0.05) is 24.9 Å². The van der Waals surface area contributed by atoms with E-state index in [-0.39, 0.29) is 5.56 Å². The Morgan fingerprint density at radius 2 is 2.56 bits per heavy atom. The van der Waals surface area contributed by atoms with Crippen molar-refractivity contribution in [2.75, 3.05) is 20.3 Å². The molecule has 16 heavy (non-hydrogen) atoms. The van der Waals surface area contributed by atoms with Crippen LogP contribution in [0.15, 0.2) is 22.2 Å². The zero-order chi connectivity index (χ0) is 11.4. The van der Waals surface area contributed by atoms with E-state index in [4.69, 9.17) is 4.74 Å². The molecule has 0 amide bonds. The molecule has 1 saturated heterocycles. The summed E-state index contributed by atoms with van der Waals surface area (Å²) in [6.07, 6.45) is 2.52. The Morgan fingerprint density at radius 3 is 3.31 bits per heavy atom. The second-order valence-electron chi connectivity index (χ2n) is 3.65. The highest BCUT2D eigenvalue weighted by molar-refractivity contribution is 7.99. The van der Waals surface area contributed by atoms with Crippen LogP contribution in [-0.4, -0.2) is 41.5 Å². The molecule has 2 rings (SSSR count). The summed E-state index contributed by atoms with van der Waals surface area (Å²) in [5.74, 6) is 0. The lowest BCUT2D eigenvalue weighted by atomic mass is 10.1. The van der Waals surface area contributed by atoms with Gasteiger partial charge in [0.1, 0.15) is 0 Å². The Balaban J connectivity index is 2.05. The van der Waals surface area contributed by atoms with Gasteiger partial charge in [0.05, 0.1) is 11.9 Å². The number of H-pyrrole nitrogens is 1. The van der Waals surface area contributed by atoms with Gasteiger partial charge in [-0.05, 0) is 13.5 Å². The first-order chi connectivity index (χ1) is 7.79. The number of aromatic amines is 1. The van der Waals surface area contributed by atoms with Crippen LogP contribution in [0.2, 0.25) is 0 Å². The maximum atomic E-state index is 11.1. The van der Waals surface area contributed by atoms with Crippen molar-refractivity contribution in [2.24, 2.45) is 0 Å². The van der Waals surface area contributed by atoms with E-state index < -0.39 is 0 Å². The number of aromatic nitrogens is 2. The van der Waals surface area contributed by atoms with Crippen LogP contribution in [0.5, 0.6) is 0 Å². The summed E-state index contributed by atoms with van der Waals surface area (Å²) < 4.78 is 5.44. The molecule has 1 aromatic rings. The largest absolute Gasteiger partial charge is 0.380 e. The lowest BCUT2D eigenvalue weighted by molar-refractivity contribution is 0.0850. The van der Waals surface area contributed by atoms with Gasteiger partial charge in [-0.25, -0.2) is 4.98 Å². The molecular weight excluding hydrogens is 226 g/mol. The number of hydrogen-bond acceptors (Lipinski definition) is 5. The van der Waals surface area contributed by atoms with Gasteiger partial charge < -0.3 is 15.0 Å². The van der Waals surface area contributed by atoms with Crippen molar-refractivity contribution < 1.29 is 4.74 Å². The molecule has 0 aliphatic carbocycles. The highest BCUT2D eigenvalue weighted by Gasteiger charge is 2.25. The molecular formula is C10H15N3O2S. The van der Waals surface area contributed by atoms with Crippen molar-refractivity contribution in [1.29, 1.82) is 0 Å². The van der Waals surface area contributed by atoms with Crippen LogP contribution in [0.25, 0.3) is 0 Å². The monoisotopic (exact) mass is 241 g/mol. The number of nitrogens with one attached hydrogen (secondary N) is 2. The van der Waals surface area contributed by atoms with E-state index in [1.807, 2.05) is 7.05 Å². The molecule has 88 valence electrons. The minimum absolute atomic E-state index is 0.116. The fraction of sp³-hybridized carbons (Fsp3) is 0.600. The molecule has 2 N–H and O–H groups in total. The van der Waals surface area contributed by atoms with Gasteiger partial charge in [0.25, 0.3) is 5.56 Å². The van der Waals surface area contributed by atoms with Crippen molar-refractivity contribution in [3.63, 3.8) is 0 Å². The van der Waals surface area contributed by atoms with Crippen LogP contribution in [0.4, 0.5) is 0 Å². The van der Waals surface area contributed by atoms with Crippen LogP contribution in [0.1, 0.15) is 6.42 Å². The average molecular weight is 241 g/mol. The van der Waals surface area contributed by atoms with Gasteiger partial charge in [-0.15, -0.1) is 0 Å². The second-order valence-corrected chi connectivity index (χ2v) is 4.88. The minimum Gasteiger partial charge on any atom is -0.380 e. The third-order valence-electron chi connectivity index (χ3n) is 2.59. The van der Waals surface area contributed by atoms with E-state index in [2.05, 4.69) is 15.3 Å². The average Bonchev–Trinajstić information content (AvgIpc) is 2.30. The Labute approximate surface area is 98.0 Å². The van der Waals surface area contributed by atoms with Gasteiger partial charge in [0.2, 0.25) is 0 Å². The second kappa shape index (κ2) is 5.47. The summed E-state index contributed by atoms with van der Waals surface area (Å²) in [5, 5.41) is 4.22. The molecule has 1 aliphatic heterocycles. The highest BCUT2D eigenvalue weighted by atomic mass is 32.2. The number of hydrogen-bond donors (Lipinski definition) is 2. The first-order valence-electron chi connectivity index (χ1n) is 5.26. The standard InChI is InChI=1S/C10H15N3O2S/c1-11-7-3-5-15-6-8(7)16-10-12-4-2-9(14)13-10/h2,4,7-8,11H,3,5-6H2,1H3,(H,12,13,14). The molecule has 1 fully saturated rings. The smallest absolute Gasteiger partial charge is 0.251 e. The van der Waals surface area contributed by atoms with Crippen LogP contribution < -0.4 is 10.9 Å². The normalized spacial score (nSPS) is 25.6. The van der Waals surface area contributed by atoms with Crippen LogP contribution >= 0.6 is 11.8 Å². The van der Waals surface area contributed by atoms with Gasteiger partial charge in [-0.2, -0.15) is 0 Å². The molecule has 0 spiro atoms. The fourth-order valence-electron chi connectivity index (χ4n) is 1.71. The van der Waals surface area contributed by atoms with Gasteiger partial charge in [-0.3, -0.25) is 4.79 Å². The van der Waals surface area contributed by atoms with Crippen LogP contribution in [0, 0.1) is 0 Å². The van der Waals surface area contributed by atoms with E-state index in [9.17, 15) is 4.79 Å². The number of thioether (sulfide) groups is 1. The van der Waals surface area contributed by atoms with Crippen molar-refractivity contribution in [3.8, 4) is 0 Å². The molecule has 2 heterocycles. The van der Waals surface area contributed by atoms with Crippen molar-refractivity contribution in [1.82, 2.24) is 15.3 Å². The number of rotatable bonds is 3. The number of ether oxygens (including phenoxy) is 1. The van der Waals surface area contributed by atoms with Crippen molar-refractivity contribution in [2.45, 2.75) is 22.9 Å². The third kappa shape index (κ3) is 2.84. The lowest BCUT2D eigenvalue weighted by Crippen LogP contribution is -2.43. The topological polar surface area (TPSA) is 67.0 Å². The fourth-order valence-corrected chi connectivity index (χ4v) is 2.88. The van der Waals surface area contributed by atoms with Crippen molar-refractivity contribution in [3.05, 3.63) is 22.6 Å². The summed E-state index contributed by atoms with van der Waals surface area (Å²) in [5.41, 5.74) is -0.116. The molecule has 6 heteroatoms. The molecule has 1 aliphatic rings. The van der Waals surface area contributed by atoms with Crippen LogP contribution in [-0.2, 0) is 4.74 Å². The maximum Gasteiger partial charge on any atom is 0.251 e. The Morgan fingerprint density at radius 1 is 1.69 bits per heavy atom. The maximum absolute atomic E-state index is 11.1. The third-order valence-corrected chi connectivity index (χ3v) is 3.78. The quantitative estimate of drug-likeness (QED) is 0.742. The summed E-state index contributed by atoms with van der Waals surface area (Å²) in [7, 11) is 1.95. The summed E-state index contributed by atoms with van der Waals surface area (Å²) in [4.78, 5) is 18.0. The molecule has 0 radical (unpaired) electrons. The van der Waals surface area contributed by atoms with E-state index >= 15 is 0 Å². The minimum atomic E-state index is -0.116.